The van der Waals surface area contributed by atoms with E-state index < -0.39 is 32.3 Å². The summed E-state index contributed by atoms with van der Waals surface area (Å²) in [7, 11) is -4.36. The minimum absolute atomic E-state index is 0.135. The van der Waals surface area contributed by atoms with E-state index in [0.29, 0.717) is 5.82 Å². The van der Waals surface area contributed by atoms with Gasteiger partial charge >= 0.3 is 13.3 Å². The van der Waals surface area contributed by atoms with E-state index in [1.165, 1.54) is 4.57 Å². The number of rotatable bonds is 7. The molecule has 0 amide bonds. The SMILES string of the molecule is CC(C)c1nc(N)nc(=O)n1CC(CO)OCP(=O)(O)O. The number of hydrogen-bond acceptors (Lipinski definition) is 7. The molecule has 0 saturated heterocycles. The van der Waals surface area contributed by atoms with Gasteiger partial charge in [0.2, 0.25) is 5.95 Å². The molecule has 1 unspecified atom stereocenters. The molecular formula is C10H19N4O6P. The smallest absolute Gasteiger partial charge is 0.352 e. The number of nitrogens with two attached hydrogens (primary N) is 1. The van der Waals surface area contributed by atoms with Gasteiger partial charge in [-0.2, -0.15) is 9.97 Å². The van der Waals surface area contributed by atoms with Gasteiger partial charge in [-0.1, -0.05) is 13.8 Å². The molecule has 0 spiro atoms. The molecule has 1 heterocycles. The monoisotopic (exact) mass is 322 g/mol. The van der Waals surface area contributed by atoms with Crippen molar-refractivity contribution in [3.05, 3.63) is 16.3 Å². The first-order valence-electron chi connectivity index (χ1n) is 6.15. The molecule has 5 N–H and O–H groups in total. The lowest BCUT2D eigenvalue weighted by Gasteiger charge is -2.20. The second-order valence-electron chi connectivity index (χ2n) is 4.75. The summed E-state index contributed by atoms with van der Waals surface area (Å²) in [5.41, 5.74) is 4.76. The Kier molecular flexibility index (Phi) is 5.99. The van der Waals surface area contributed by atoms with Gasteiger partial charge in [0.1, 0.15) is 12.2 Å². The number of ether oxygens (including phenoxy) is 1. The van der Waals surface area contributed by atoms with Crippen molar-refractivity contribution in [1.82, 2.24) is 14.5 Å². The van der Waals surface area contributed by atoms with Crippen LogP contribution in [0.3, 0.4) is 0 Å². The predicted molar refractivity (Wildman–Crippen MR) is 73.7 cm³/mol. The lowest BCUT2D eigenvalue weighted by molar-refractivity contribution is 0.0180. The van der Waals surface area contributed by atoms with Gasteiger partial charge in [0, 0.05) is 5.92 Å². The number of aliphatic hydroxyl groups excluding tert-OH is 1. The molecule has 0 saturated carbocycles. The maximum absolute atomic E-state index is 11.9. The summed E-state index contributed by atoms with van der Waals surface area (Å²) in [4.78, 5) is 36.8. The number of nitrogens with zero attached hydrogens (tertiary/aromatic N) is 3. The highest BCUT2D eigenvalue weighted by Gasteiger charge is 2.20. The van der Waals surface area contributed by atoms with Crippen LogP contribution >= 0.6 is 7.60 Å². The Morgan fingerprint density at radius 3 is 2.48 bits per heavy atom. The summed E-state index contributed by atoms with van der Waals surface area (Å²) in [5.74, 6) is 0.0616. The van der Waals surface area contributed by atoms with Crippen LogP contribution in [-0.4, -0.2) is 48.5 Å². The Labute approximate surface area is 120 Å². The molecule has 21 heavy (non-hydrogen) atoms. The van der Waals surface area contributed by atoms with Gasteiger partial charge < -0.3 is 25.4 Å². The number of anilines is 1. The fraction of sp³-hybridized carbons (Fsp3) is 0.700. The summed E-state index contributed by atoms with van der Waals surface area (Å²) in [6.45, 7) is 2.93. The zero-order valence-electron chi connectivity index (χ0n) is 11.7. The molecular weight excluding hydrogens is 303 g/mol. The van der Waals surface area contributed by atoms with E-state index in [0.717, 1.165) is 0 Å². The molecule has 0 aliphatic heterocycles. The van der Waals surface area contributed by atoms with E-state index in [2.05, 4.69) is 9.97 Å². The highest BCUT2D eigenvalue weighted by atomic mass is 31.2. The molecule has 120 valence electrons. The van der Waals surface area contributed by atoms with Crippen molar-refractivity contribution in [3.8, 4) is 0 Å². The van der Waals surface area contributed by atoms with Crippen LogP contribution < -0.4 is 11.4 Å². The van der Waals surface area contributed by atoms with E-state index in [4.69, 9.17) is 20.3 Å². The van der Waals surface area contributed by atoms with Crippen LogP contribution in [0, 0.1) is 0 Å². The molecule has 1 rings (SSSR count). The Hall–Kier alpha value is -1.32. The molecule has 1 atom stereocenters. The first-order valence-corrected chi connectivity index (χ1v) is 7.95. The standard InChI is InChI=1S/C10H19N4O6P/c1-6(2)8-12-9(11)13-10(16)14(8)3-7(4-15)20-5-21(17,18)19/h6-7,15H,3-5H2,1-2H3,(H2,11,13,16)(H2,17,18,19). The maximum atomic E-state index is 11.9. The Balaban J connectivity index is 2.99. The van der Waals surface area contributed by atoms with Gasteiger partial charge in [0.05, 0.1) is 19.3 Å². The minimum atomic E-state index is -4.36. The maximum Gasteiger partial charge on any atom is 0.352 e. The van der Waals surface area contributed by atoms with Crippen molar-refractivity contribution in [2.75, 3.05) is 18.7 Å². The van der Waals surface area contributed by atoms with Crippen molar-refractivity contribution in [3.63, 3.8) is 0 Å². The van der Waals surface area contributed by atoms with Crippen molar-refractivity contribution in [1.29, 1.82) is 0 Å². The van der Waals surface area contributed by atoms with Gasteiger partial charge in [-0.15, -0.1) is 0 Å². The van der Waals surface area contributed by atoms with E-state index in [1.54, 1.807) is 13.8 Å². The highest BCUT2D eigenvalue weighted by molar-refractivity contribution is 7.51. The first kappa shape index (κ1) is 17.7. The van der Waals surface area contributed by atoms with Crippen molar-refractivity contribution in [2.24, 2.45) is 0 Å². The Morgan fingerprint density at radius 1 is 1.38 bits per heavy atom. The number of nitrogen functional groups attached to an aromatic ring is 1. The Bertz CT molecular complexity index is 583. The third-order valence-corrected chi connectivity index (χ3v) is 3.02. The zero-order valence-corrected chi connectivity index (χ0v) is 12.6. The molecule has 11 heteroatoms. The fourth-order valence-corrected chi connectivity index (χ4v) is 2.05. The molecule has 0 aliphatic carbocycles. The summed E-state index contributed by atoms with van der Waals surface area (Å²) in [6.07, 6.45) is -1.82. The zero-order chi connectivity index (χ0) is 16.2. The topological polar surface area (TPSA) is 161 Å². The van der Waals surface area contributed by atoms with Crippen LogP contribution in [0.2, 0.25) is 0 Å². The highest BCUT2D eigenvalue weighted by Crippen LogP contribution is 2.34. The van der Waals surface area contributed by atoms with Crippen molar-refractivity contribution < 1.29 is 24.2 Å². The van der Waals surface area contributed by atoms with Gasteiger partial charge in [-0.05, 0) is 0 Å². The van der Waals surface area contributed by atoms with Crippen LogP contribution in [0.25, 0.3) is 0 Å². The van der Waals surface area contributed by atoms with Crippen molar-refractivity contribution >= 4 is 13.5 Å². The Morgan fingerprint density at radius 2 is 2.00 bits per heavy atom. The van der Waals surface area contributed by atoms with E-state index in [1.807, 2.05) is 0 Å². The van der Waals surface area contributed by atoms with E-state index >= 15 is 0 Å². The summed E-state index contributed by atoms with van der Waals surface area (Å²) >= 11 is 0. The third kappa shape index (κ3) is 5.52. The van der Waals surface area contributed by atoms with Crippen LogP contribution in [-0.2, 0) is 15.8 Å². The molecule has 1 aromatic rings. The number of aliphatic hydroxyl groups is 1. The number of hydrogen-bond donors (Lipinski definition) is 4. The van der Waals surface area contributed by atoms with Crippen LogP contribution in [0.15, 0.2) is 4.79 Å². The average Bonchev–Trinajstić information content (AvgIpc) is 2.34. The molecule has 0 aromatic carbocycles. The lowest BCUT2D eigenvalue weighted by atomic mass is 10.2. The average molecular weight is 322 g/mol. The molecule has 10 nitrogen and oxygen atoms in total. The normalized spacial score (nSPS) is 13.6. The van der Waals surface area contributed by atoms with Crippen LogP contribution in [0.4, 0.5) is 5.95 Å². The van der Waals surface area contributed by atoms with Gasteiger partial charge in [-0.3, -0.25) is 9.13 Å². The van der Waals surface area contributed by atoms with Gasteiger partial charge in [-0.25, -0.2) is 4.79 Å². The van der Waals surface area contributed by atoms with Gasteiger partial charge in [0.15, 0.2) is 0 Å². The minimum Gasteiger partial charge on any atom is -0.394 e. The fourth-order valence-electron chi connectivity index (χ4n) is 1.64. The van der Waals surface area contributed by atoms with E-state index in [9.17, 15) is 14.5 Å². The quantitative estimate of drug-likeness (QED) is 0.454. The molecule has 0 aliphatic rings. The summed E-state index contributed by atoms with van der Waals surface area (Å²) in [5, 5.41) is 9.20. The van der Waals surface area contributed by atoms with Crippen LogP contribution in [0.1, 0.15) is 25.6 Å². The van der Waals surface area contributed by atoms with Crippen molar-refractivity contribution in [2.45, 2.75) is 32.4 Å². The third-order valence-electron chi connectivity index (χ3n) is 2.53. The summed E-state index contributed by atoms with van der Waals surface area (Å²) in [6, 6.07) is 0. The predicted octanol–water partition coefficient (Wildman–Crippen LogP) is -1.14. The largest absolute Gasteiger partial charge is 0.394 e. The second kappa shape index (κ2) is 7.10. The summed E-state index contributed by atoms with van der Waals surface area (Å²) < 4.78 is 16.9. The lowest BCUT2D eigenvalue weighted by Crippen LogP contribution is -2.35. The van der Waals surface area contributed by atoms with Crippen LogP contribution in [0.5, 0.6) is 0 Å². The molecule has 0 fully saturated rings. The second-order valence-corrected chi connectivity index (χ2v) is 6.34. The molecule has 0 radical (unpaired) electrons. The molecule has 1 aromatic heterocycles. The van der Waals surface area contributed by atoms with E-state index in [-0.39, 0.29) is 18.4 Å². The number of aromatic nitrogens is 3. The molecule has 0 bridgehead atoms. The first-order chi connectivity index (χ1) is 9.64. The van der Waals surface area contributed by atoms with Gasteiger partial charge in [0.25, 0.3) is 0 Å².